The molecule has 2 heterocycles. The van der Waals surface area contributed by atoms with E-state index in [1.54, 1.807) is 4.90 Å². The number of primary amides is 1. The predicted octanol–water partition coefficient (Wildman–Crippen LogP) is 5.59. The summed E-state index contributed by atoms with van der Waals surface area (Å²) in [5.74, 6) is -0.0776. The van der Waals surface area contributed by atoms with E-state index in [0.717, 1.165) is 40.4 Å². The number of ether oxygens (including phenoxy) is 1. The van der Waals surface area contributed by atoms with E-state index in [1.165, 1.54) is 0 Å². The summed E-state index contributed by atoms with van der Waals surface area (Å²) < 4.78 is 5.48. The van der Waals surface area contributed by atoms with Crippen LogP contribution in [0.1, 0.15) is 49.5 Å². The molecule has 1 aliphatic heterocycles. The summed E-state index contributed by atoms with van der Waals surface area (Å²) >= 11 is 0. The van der Waals surface area contributed by atoms with Crippen LogP contribution in [0.4, 0.5) is 4.79 Å². The summed E-state index contributed by atoms with van der Waals surface area (Å²) in [5.41, 5.74) is 9.44. The lowest BCUT2D eigenvalue weighted by Gasteiger charge is -2.32. The average Bonchev–Trinajstić information content (AvgIpc) is 3.19. The molecule has 1 aromatic heterocycles. The molecule has 4 rings (SSSR count). The van der Waals surface area contributed by atoms with Crippen molar-refractivity contribution < 1.29 is 14.3 Å². The number of nitrogens with zero attached hydrogens (tertiary/aromatic N) is 1. The first-order valence-corrected chi connectivity index (χ1v) is 11.4. The van der Waals surface area contributed by atoms with Crippen LogP contribution < -0.4 is 5.73 Å². The largest absolute Gasteiger partial charge is 0.444 e. The van der Waals surface area contributed by atoms with E-state index in [4.69, 9.17) is 10.5 Å². The number of amides is 2. The summed E-state index contributed by atoms with van der Waals surface area (Å²) in [7, 11) is 0. The SMILES string of the molecule is CC(C)(C)OC(=O)N1CCC(C=Cc2c[nH]c3c(C(N)=O)cc(-c4ccccc4)cc23)CC1. The summed E-state index contributed by atoms with van der Waals surface area (Å²) in [6.07, 6.45) is 7.76. The minimum Gasteiger partial charge on any atom is -0.444 e. The van der Waals surface area contributed by atoms with Crippen LogP contribution in [0.5, 0.6) is 0 Å². The number of carbonyl (C=O) groups excluding carboxylic acids is 2. The Labute approximate surface area is 194 Å². The molecule has 3 N–H and O–H groups in total. The Morgan fingerprint density at radius 2 is 1.79 bits per heavy atom. The van der Waals surface area contributed by atoms with Gasteiger partial charge in [0.15, 0.2) is 0 Å². The van der Waals surface area contributed by atoms with Crippen LogP contribution in [-0.4, -0.2) is 40.6 Å². The average molecular weight is 446 g/mol. The van der Waals surface area contributed by atoms with E-state index in [0.29, 0.717) is 24.6 Å². The fourth-order valence-corrected chi connectivity index (χ4v) is 4.22. The molecule has 1 saturated heterocycles. The van der Waals surface area contributed by atoms with Crippen molar-refractivity contribution in [1.82, 2.24) is 9.88 Å². The molecule has 0 aliphatic carbocycles. The van der Waals surface area contributed by atoms with E-state index in [9.17, 15) is 9.59 Å². The van der Waals surface area contributed by atoms with Gasteiger partial charge in [-0.25, -0.2) is 4.79 Å². The van der Waals surface area contributed by atoms with E-state index >= 15 is 0 Å². The third-order valence-electron chi connectivity index (χ3n) is 5.93. The van der Waals surface area contributed by atoms with Gasteiger partial charge in [-0.05, 0) is 68.4 Å². The number of nitrogens with two attached hydrogens (primary N) is 1. The number of hydrogen-bond acceptors (Lipinski definition) is 3. The zero-order valence-corrected chi connectivity index (χ0v) is 19.4. The number of fused-ring (bicyclic) bond motifs is 1. The van der Waals surface area contributed by atoms with Gasteiger partial charge in [-0.15, -0.1) is 0 Å². The Kier molecular flexibility index (Phi) is 6.27. The van der Waals surface area contributed by atoms with E-state index in [1.807, 2.05) is 63.4 Å². The monoisotopic (exact) mass is 445 g/mol. The van der Waals surface area contributed by atoms with E-state index in [-0.39, 0.29) is 6.09 Å². The quantitative estimate of drug-likeness (QED) is 0.548. The zero-order valence-electron chi connectivity index (χ0n) is 19.4. The highest BCUT2D eigenvalue weighted by atomic mass is 16.6. The van der Waals surface area contributed by atoms with Gasteiger partial charge < -0.3 is 20.4 Å². The summed E-state index contributed by atoms with van der Waals surface area (Å²) in [4.78, 5) is 29.4. The molecule has 1 aliphatic rings. The summed E-state index contributed by atoms with van der Waals surface area (Å²) in [6, 6.07) is 13.9. The smallest absolute Gasteiger partial charge is 0.410 e. The molecule has 0 saturated carbocycles. The molecule has 6 nitrogen and oxygen atoms in total. The molecule has 0 bridgehead atoms. The minimum atomic E-state index is -0.481. The van der Waals surface area contributed by atoms with Crippen molar-refractivity contribution in [3.63, 3.8) is 0 Å². The first kappa shape index (κ1) is 22.6. The highest BCUT2D eigenvalue weighted by Crippen LogP contribution is 2.31. The molecule has 0 spiro atoms. The number of rotatable bonds is 4. The normalized spacial score (nSPS) is 15.3. The zero-order chi connectivity index (χ0) is 23.6. The van der Waals surface area contributed by atoms with Gasteiger partial charge in [0.2, 0.25) is 0 Å². The van der Waals surface area contributed by atoms with Gasteiger partial charge in [0.1, 0.15) is 5.60 Å². The molecule has 6 heteroatoms. The van der Waals surface area contributed by atoms with Crippen molar-refractivity contribution >= 4 is 29.0 Å². The Morgan fingerprint density at radius 3 is 2.42 bits per heavy atom. The summed E-state index contributed by atoms with van der Waals surface area (Å²) in [6.45, 7) is 7.01. The second kappa shape index (κ2) is 9.14. The Balaban J connectivity index is 1.53. The molecule has 2 amide bonds. The van der Waals surface area contributed by atoms with Crippen LogP contribution in [0.2, 0.25) is 0 Å². The standard InChI is InChI=1S/C27H31N3O3/c1-27(2,3)33-26(32)30-13-11-18(12-14-30)9-10-20-17-29-24-22(20)15-21(16-23(24)25(28)31)19-7-5-4-6-8-19/h4-10,15-18,29H,11-14H2,1-3H3,(H2,28,31). The predicted molar refractivity (Wildman–Crippen MR) is 132 cm³/mol. The van der Waals surface area contributed by atoms with Crippen molar-refractivity contribution in [2.24, 2.45) is 11.7 Å². The molecule has 2 aromatic carbocycles. The Hall–Kier alpha value is -3.54. The van der Waals surface area contributed by atoms with Crippen molar-refractivity contribution in [1.29, 1.82) is 0 Å². The number of carbonyl (C=O) groups is 2. The molecule has 33 heavy (non-hydrogen) atoms. The van der Waals surface area contributed by atoms with Gasteiger partial charge in [0.25, 0.3) is 5.91 Å². The maximum Gasteiger partial charge on any atom is 0.410 e. The third kappa shape index (κ3) is 5.28. The van der Waals surface area contributed by atoms with Crippen molar-refractivity contribution in [2.45, 2.75) is 39.2 Å². The van der Waals surface area contributed by atoms with Gasteiger partial charge in [-0.3, -0.25) is 4.79 Å². The minimum absolute atomic E-state index is 0.242. The van der Waals surface area contributed by atoms with Crippen molar-refractivity contribution in [2.75, 3.05) is 13.1 Å². The number of allylic oxidation sites excluding steroid dienone is 1. The molecule has 0 radical (unpaired) electrons. The maximum atomic E-state index is 12.3. The first-order chi connectivity index (χ1) is 15.7. The second-order valence-electron chi connectivity index (χ2n) is 9.58. The molecule has 0 unspecified atom stereocenters. The second-order valence-corrected chi connectivity index (χ2v) is 9.58. The number of H-pyrrole nitrogens is 1. The number of hydrogen-bond donors (Lipinski definition) is 2. The lowest BCUT2D eigenvalue weighted by molar-refractivity contribution is 0.0197. The van der Waals surface area contributed by atoms with Crippen LogP contribution >= 0.6 is 0 Å². The highest BCUT2D eigenvalue weighted by Gasteiger charge is 2.26. The van der Waals surface area contributed by atoms with Crippen molar-refractivity contribution in [3.05, 3.63) is 65.9 Å². The molecular formula is C27H31N3O3. The van der Waals surface area contributed by atoms with Crippen LogP contribution in [0, 0.1) is 5.92 Å². The van der Waals surface area contributed by atoms with Gasteiger partial charge >= 0.3 is 6.09 Å². The lowest BCUT2D eigenvalue weighted by Crippen LogP contribution is -2.41. The highest BCUT2D eigenvalue weighted by molar-refractivity contribution is 6.08. The number of piperidine rings is 1. The molecule has 3 aromatic rings. The van der Waals surface area contributed by atoms with E-state index in [2.05, 4.69) is 23.2 Å². The van der Waals surface area contributed by atoms with Crippen molar-refractivity contribution in [3.8, 4) is 11.1 Å². The topological polar surface area (TPSA) is 88.4 Å². The first-order valence-electron chi connectivity index (χ1n) is 11.4. The number of likely N-dealkylation sites (tertiary alicyclic amines) is 1. The number of aromatic amines is 1. The fraction of sp³-hybridized carbons (Fsp3) is 0.333. The third-order valence-corrected chi connectivity index (χ3v) is 5.93. The van der Waals surface area contributed by atoms with Gasteiger partial charge in [0.05, 0.1) is 11.1 Å². The number of nitrogens with one attached hydrogen (secondary N) is 1. The Morgan fingerprint density at radius 1 is 1.09 bits per heavy atom. The molecular weight excluding hydrogens is 414 g/mol. The molecule has 172 valence electrons. The number of benzene rings is 2. The van der Waals surface area contributed by atoms with Gasteiger partial charge in [-0.2, -0.15) is 0 Å². The maximum absolute atomic E-state index is 12.3. The Bertz CT molecular complexity index is 1180. The van der Waals surface area contributed by atoms with Gasteiger partial charge in [0, 0.05) is 24.7 Å². The molecule has 0 atom stereocenters. The lowest BCUT2D eigenvalue weighted by atomic mass is 9.95. The van der Waals surface area contributed by atoms with Crippen LogP contribution in [0.3, 0.4) is 0 Å². The summed E-state index contributed by atoms with van der Waals surface area (Å²) in [5, 5.41) is 0.965. The van der Waals surface area contributed by atoms with Crippen LogP contribution in [0.15, 0.2) is 54.7 Å². The fourth-order valence-electron chi connectivity index (χ4n) is 4.22. The van der Waals surface area contributed by atoms with E-state index < -0.39 is 11.5 Å². The number of aromatic nitrogens is 1. The molecule has 1 fully saturated rings. The van der Waals surface area contributed by atoms with Crippen LogP contribution in [-0.2, 0) is 4.74 Å². The van der Waals surface area contributed by atoms with Gasteiger partial charge in [-0.1, -0.05) is 42.5 Å². The van der Waals surface area contributed by atoms with Crippen LogP contribution in [0.25, 0.3) is 28.1 Å².